The minimum Gasteiger partial charge on any atom is -0.350 e. The van der Waals surface area contributed by atoms with Gasteiger partial charge in [-0.15, -0.1) is 15.3 Å². The Labute approximate surface area is 162 Å². The average Bonchev–Trinajstić information content (AvgIpc) is 3.23. The van der Waals surface area contributed by atoms with E-state index in [0.29, 0.717) is 0 Å². The van der Waals surface area contributed by atoms with Crippen LogP contribution in [0.2, 0.25) is 0 Å². The first-order valence-electron chi connectivity index (χ1n) is 9.42. The monoisotopic (exact) mass is 374 g/mol. The molecule has 5 heterocycles. The molecule has 142 valence electrons. The molecule has 0 spiro atoms. The molecule has 1 aliphatic heterocycles. The van der Waals surface area contributed by atoms with E-state index in [1.807, 2.05) is 24.0 Å². The molecule has 0 unspecified atom stereocenters. The maximum Gasteiger partial charge on any atom is 0.177 e. The van der Waals surface area contributed by atoms with Crippen LogP contribution in [0.3, 0.4) is 0 Å². The molecule has 0 saturated heterocycles. The Kier molecular flexibility index (Phi) is 3.68. The molecular weight excluding hydrogens is 352 g/mol. The quantitative estimate of drug-likeness (QED) is 0.536. The molecule has 0 aromatic carbocycles. The third-order valence-corrected chi connectivity index (χ3v) is 5.59. The van der Waals surface area contributed by atoms with E-state index in [4.69, 9.17) is 10.1 Å². The lowest BCUT2D eigenvalue weighted by Crippen LogP contribution is -2.32. The normalized spacial score (nSPS) is 13.9. The predicted octanol–water partition coefficient (Wildman–Crippen LogP) is 2.41. The molecule has 0 N–H and O–H groups in total. The van der Waals surface area contributed by atoms with Gasteiger partial charge >= 0.3 is 0 Å². The van der Waals surface area contributed by atoms with Crippen LogP contribution in [-0.4, -0.2) is 41.1 Å². The maximum absolute atomic E-state index is 4.77. The van der Waals surface area contributed by atoms with Gasteiger partial charge in [-0.3, -0.25) is 9.67 Å². The van der Waals surface area contributed by atoms with E-state index >= 15 is 0 Å². The van der Waals surface area contributed by atoms with Gasteiger partial charge in [-0.2, -0.15) is 9.61 Å². The Bertz CT molecular complexity index is 1200. The van der Waals surface area contributed by atoms with Gasteiger partial charge in [0, 0.05) is 55.3 Å². The second-order valence-electron chi connectivity index (χ2n) is 7.46. The summed E-state index contributed by atoms with van der Waals surface area (Å²) in [5.74, 6) is 0.970. The summed E-state index contributed by atoms with van der Waals surface area (Å²) in [5, 5.41) is 17.3. The highest BCUT2D eigenvalue weighted by atomic mass is 15.4. The second kappa shape index (κ2) is 6.12. The summed E-state index contributed by atoms with van der Waals surface area (Å²) in [5.41, 5.74) is 8.78. The fourth-order valence-electron chi connectivity index (χ4n) is 4.10. The number of pyridine rings is 1. The van der Waals surface area contributed by atoms with Gasteiger partial charge in [-0.25, -0.2) is 0 Å². The van der Waals surface area contributed by atoms with Crippen molar-refractivity contribution >= 4 is 11.5 Å². The van der Waals surface area contributed by atoms with E-state index in [-0.39, 0.29) is 0 Å². The fourth-order valence-corrected chi connectivity index (χ4v) is 4.10. The van der Waals surface area contributed by atoms with Crippen LogP contribution in [0.5, 0.6) is 0 Å². The van der Waals surface area contributed by atoms with Gasteiger partial charge in [0.05, 0.1) is 5.69 Å². The van der Waals surface area contributed by atoms with Gasteiger partial charge in [0.15, 0.2) is 11.5 Å². The van der Waals surface area contributed by atoms with Crippen LogP contribution >= 0.6 is 0 Å². The zero-order chi connectivity index (χ0) is 19.4. The molecule has 0 bridgehead atoms. The number of fused-ring (bicyclic) bond motifs is 2. The second-order valence-corrected chi connectivity index (χ2v) is 7.46. The summed E-state index contributed by atoms with van der Waals surface area (Å²) in [6, 6.07) is 4.29. The van der Waals surface area contributed by atoms with Crippen LogP contribution in [0.15, 0.2) is 24.7 Å². The Balaban J connectivity index is 1.53. The van der Waals surface area contributed by atoms with Crippen LogP contribution in [0.1, 0.15) is 28.2 Å². The highest BCUT2D eigenvalue weighted by Gasteiger charge is 2.22. The molecule has 0 radical (unpaired) electrons. The van der Waals surface area contributed by atoms with E-state index in [1.165, 1.54) is 16.8 Å². The first kappa shape index (κ1) is 16.9. The smallest absolute Gasteiger partial charge is 0.177 e. The minimum absolute atomic E-state index is 0.769. The zero-order valence-corrected chi connectivity index (χ0v) is 16.5. The van der Waals surface area contributed by atoms with Gasteiger partial charge in [0.1, 0.15) is 6.33 Å². The van der Waals surface area contributed by atoms with Crippen molar-refractivity contribution in [3.8, 4) is 11.1 Å². The van der Waals surface area contributed by atoms with Gasteiger partial charge in [-0.05, 0) is 44.0 Å². The predicted molar refractivity (Wildman–Crippen MR) is 106 cm³/mol. The number of aryl methyl sites for hydroxylation is 3. The highest BCUT2D eigenvalue weighted by Crippen LogP contribution is 2.30. The van der Waals surface area contributed by atoms with Crippen molar-refractivity contribution in [2.45, 2.75) is 33.7 Å². The molecule has 8 heteroatoms. The lowest BCUT2D eigenvalue weighted by molar-refractivity contribution is 0.689. The molecule has 8 nitrogen and oxygen atoms in total. The van der Waals surface area contributed by atoms with Crippen molar-refractivity contribution in [2.75, 3.05) is 11.4 Å². The molecule has 4 aromatic heterocycles. The maximum atomic E-state index is 4.77. The van der Waals surface area contributed by atoms with E-state index < -0.39 is 0 Å². The van der Waals surface area contributed by atoms with Gasteiger partial charge < -0.3 is 4.90 Å². The van der Waals surface area contributed by atoms with Crippen molar-refractivity contribution in [3.63, 3.8) is 0 Å². The zero-order valence-electron chi connectivity index (χ0n) is 16.5. The Morgan fingerprint density at radius 2 is 1.93 bits per heavy atom. The number of hydrogen-bond acceptors (Lipinski definition) is 6. The van der Waals surface area contributed by atoms with Crippen molar-refractivity contribution in [3.05, 3.63) is 52.9 Å². The van der Waals surface area contributed by atoms with Crippen molar-refractivity contribution < 1.29 is 0 Å². The molecular formula is C20H22N8. The number of rotatable bonds is 2. The summed E-state index contributed by atoms with van der Waals surface area (Å²) >= 11 is 0. The summed E-state index contributed by atoms with van der Waals surface area (Å²) in [6.07, 6.45) is 4.53. The summed E-state index contributed by atoms with van der Waals surface area (Å²) < 4.78 is 3.66. The molecule has 0 amide bonds. The van der Waals surface area contributed by atoms with Gasteiger partial charge in [-0.1, -0.05) is 0 Å². The lowest BCUT2D eigenvalue weighted by Gasteiger charge is -2.30. The SMILES string of the molecule is Cc1cc2nncn2nc1N1CCc2ncc(-c3c(C)nn(C)c3C)cc2C1. The van der Waals surface area contributed by atoms with E-state index in [2.05, 4.69) is 47.0 Å². The van der Waals surface area contributed by atoms with Crippen LogP contribution in [0, 0.1) is 20.8 Å². The lowest BCUT2D eigenvalue weighted by atomic mass is 9.99. The molecule has 0 saturated carbocycles. The average molecular weight is 374 g/mol. The topological polar surface area (TPSA) is 77.0 Å². The molecule has 5 rings (SSSR count). The van der Waals surface area contributed by atoms with Crippen molar-refractivity contribution in [1.29, 1.82) is 0 Å². The Morgan fingerprint density at radius 3 is 2.71 bits per heavy atom. The highest BCUT2D eigenvalue weighted by molar-refractivity contribution is 5.69. The fraction of sp³-hybridized carbons (Fsp3) is 0.350. The molecule has 1 aliphatic rings. The summed E-state index contributed by atoms with van der Waals surface area (Å²) in [7, 11) is 1.98. The molecule has 4 aromatic rings. The summed E-state index contributed by atoms with van der Waals surface area (Å²) in [4.78, 5) is 7.08. The Hall–Kier alpha value is -3.29. The minimum atomic E-state index is 0.769. The molecule has 0 atom stereocenters. The molecule has 28 heavy (non-hydrogen) atoms. The van der Waals surface area contributed by atoms with Crippen LogP contribution in [-0.2, 0) is 20.0 Å². The number of anilines is 1. The van der Waals surface area contributed by atoms with Crippen LogP contribution < -0.4 is 4.90 Å². The van der Waals surface area contributed by atoms with Gasteiger partial charge in [0.25, 0.3) is 0 Å². The van der Waals surface area contributed by atoms with Crippen LogP contribution in [0.25, 0.3) is 16.8 Å². The van der Waals surface area contributed by atoms with Gasteiger partial charge in [0.2, 0.25) is 0 Å². The van der Waals surface area contributed by atoms with E-state index in [9.17, 15) is 0 Å². The van der Waals surface area contributed by atoms with Crippen LogP contribution in [0.4, 0.5) is 5.82 Å². The molecule has 0 fully saturated rings. The van der Waals surface area contributed by atoms with E-state index in [0.717, 1.165) is 53.5 Å². The number of hydrogen-bond donors (Lipinski definition) is 0. The first-order chi connectivity index (χ1) is 13.5. The van der Waals surface area contributed by atoms with Crippen molar-refractivity contribution in [2.24, 2.45) is 7.05 Å². The summed E-state index contributed by atoms with van der Waals surface area (Å²) in [6.45, 7) is 7.91. The number of aromatic nitrogens is 7. The van der Waals surface area contributed by atoms with E-state index in [1.54, 1.807) is 10.8 Å². The molecule has 0 aliphatic carbocycles. The third-order valence-electron chi connectivity index (χ3n) is 5.59. The van der Waals surface area contributed by atoms with Crippen molar-refractivity contribution in [1.82, 2.24) is 34.6 Å². The third kappa shape index (κ3) is 2.56. The largest absolute Gasteiger partial charge is 0.350 e. The number of nitrogens with zero attached hydrogens (tertiary/aromatic N) is 8. The first-order valence-corrected chi connectivity index (χ1v) is 9.42. The Morgan fingerprint density at radius 1 is 1.07 bits per heavy atom. The standard InChI is InChI=1S/C20H22N8/c1-12-7-18-23-22-11-28(18)25-20(12)27-6-5-17-16(10-27)8-15(9-21-17)19-13(2)24-26(4)14(19)3/h7-9,11H,5-6,10H2,1-4H3.